The Morgan fingerprint density at radius 2 is 1.95 bits per heavy atom. The predicted octanol–water partition coefficient (Wildman–Crippen LogP) is 2.63. The molecule has 0 heterocycles. The number of anilines is 1. The average Bonchev–Trinajstić information content (AvgIpc) is 2.48. The van der Waals surface area contributed by atoms with Gasteiger partial charge in [0.1, 0.15) is 11.5 Å². The third-order valence-corrected chi connectivity index (χ3v) is 2.90. The number of nitro groups is 1. The number of aryl methyl sites for hydroxylation is 1. The molecule has 0 atom stereocenters. The van der Waals surface area contributed by atoms with Crippen LogP contribution >= 0.6 is 0 Å². The Hall–Kier alpha value is -3.09. The van der Waals surface area contributed by atoms with Crippen LogP contribution in [0.2, 0.25) is 0 Å². The minimum Gasteiger partial charge on any atom is -0.508 e. The number of non-ortho nitro benzene ring substituents is 1. The van der Waals surface area contributed by atoms with Crippen LogP contribution in [-0.4, -0.2) is 22.5 Å². The van der Waals surface area contributed by atoms with E-state index < -0.39 is 4.92 Å². The summed E-state index contributed by atoms with van der Waals surface area (Å²) < 4.78 is 5.25. The molecule has 2 aromatic carbocycles. The molecule has 0 bridgehead atoms. The van der Waals surface area contributed by atoms with Crippen molar-refractivity contribution in [3.63, 3.8) is 0 Å². The number of phenols is 1. The Bertz CT molecular complexity index is 698. The first-order valence-electron chi connectivity index (χ1n) is 6.42. The monoisotopic (exact) mass is 302 g/mol. The Morgan fingerprint density at radius 1 is 1.27 bits per heavy atom. The van der Waals surface area contributed by atoms with Crippen molar-refractivity contribution in [3.8, 4) is 11.5 Å². The number of carbonyl (C=O) groups is 1. The number of nitrogens with one attached hydrogen (secondary N) is 1. The molecule has 2 N–H and O–H groups in total. The van der Waals surface area contributed by atoms with Crippen LogP contribution < -0.4 is 10.1 Å². The van der Waals surface area contributed by atoms with Crippen LogP contribution in [-0.2, 0) is 4.79 Å². The SMILES string of the molecule is Cc1cc(O)ccc1NC(=O)COc1ccc([N+](=O)[O-])cc1. The molecular weight excluding hydrogens is 288 g/mol. The van der Waals surface area contributed by atoms with E-state index in [-0.39, 0.29) is 24.0 Å². The van der Waals surface area contributed by atoms with Crippen LogP contribution in [0.1, 0.15) is 5.56 Å². The molecule has 114 valence electrons. The molecule has 0 aliphatic rings. The summed E-state index contributed by atoms with van der Waals surface area (Å²) in [5.74, 6) is 0.118. The number of carbonyl (C=O) groups excluding carboxylic acids is 1. The van der Waals surface area contributed by atoms with E-state index in [1.54, 1.807) is 13.0 Å². The molecule has 0 saturated carbocycles. The van der Waals surface area contributed by atoms with Gasteiger partial charge in [0.25, 0.3) is 11.6 Å². The maximum atomic E-state index is 11.8. The van der Waals surface area contributed by atoms with Gasteiger partial charge in [-0.05, 0) is 42.8 Å². The summed E-state index contributed by atoms with van der Waals surface area (Å²) in [6.07, 6.45) is 0. The fourth-order valence-electron chi connectivity index (χ4n) is 1.79. The lowest BCUT2D eigenvalue weighted by Gasteiger charge is -2.09. The zero-order chi connectivity index (χ0) is 16.1. The Labute approximate surface area is 126 Å². The maximum absolute atomic E-state index is 11.8. The van der Waals surface area contributed by atoms with Crippen LogP contribution in [0.4, 0.5) is 11.4 Å². The second kappa shape index (κ2) is 6.57. The van der Waals surface area contributed by atoms with Gasteiger partial charge in [0.05, 0.1) is 4.92 Å². The Kier molecular flexibility index (Phi) is 4.57. The Morgan fingerprint density at radius 3 is 2.55 bits per heavy atom. The largest absolute Gasteiger partial charge is 0.508 e. The van der Waals surface area contributed by atoms with Crippen molar-refractivity contribution < 1.29 is 19.6 Å². The highest BCUT2D eigenvalue weighted by Gasteiger charge is 2.08. The van der Waals surface area contributed by atoms with E-state index in [0.717, 1.165) is 5.56 Å². The van der Waals surface area contributed by atoms with E-state index in [1.165, 1.54) is 36.4 Å². The van der Waals surface area contributed by atoms with Crippen molar-refractivity contribution in [2.24, 2.45) is 0 Å². The molecule has 0 spiro atoms. The van der Waals surface area contributed by atoms with Crippen molar-refractivity contribution in [1.82, 2.24) is 0 Å². The molecule has 0 aromatic heterocycles. The number of phenolic OH excluding ortho intramolecular Hbond substituents is 1. The molecule has 7 nitrogen and oxygen atoms in total. The number of aromatic hydroxyl groups is 1. The fraction of sp³-hybridized carbons (Fsp3) is 0.133. The van der Waals surface area contributed by atoms with Crippen LogP contribution in [0.5, 0.6) is 11.5 Å². The van der Waals surface area contributed by atoms with Gasteiger partial charge in [-0.25, -0.2) is 0 Å². The summed E-state index contributed by atoms with van der Waals surface area (Å²) in [4.78, 5) is 21.8. The standard InChI is InChI=1S/C15H14N2O5/c1-10-8-12(18)4-7-14(10)16-15(19)9-22-13-5-2-11(3-6-13)17(20)21/h2-8,18H,9H2,1H3,(H,16,19). The second-order valence-electron chi connectivity index (χ2n) is 4.59. The van der Waals surface area contributed by atoms with Crippen LogP contribution in [0.3, 0.4) is 0 Å². The molecule has 0 saturated heterocycles. The number of amides is 1. The summed E-state index contributed by atoms with van der Waals surface area (Å²) in [6.45, 7) is 1.53. The minimum atomic E-state index is -0.510. The van der Waals surface area contributed by atoms with Gasteiger partial charge in [0, 0.05) is 17.8 Å². The first-order valence-corrected chi connectivity index (χ1v) is 6.42. The average molecular weight is 302 g/mol. The maximum Gasteiger partial charge on any atom is 0.269 e. The van der Waals surface area contributed by atoms with Crippen LogP contribution in [0.15, 0.2) is 42.5 Å². The lowest BCUT2D eigenvalue weighted by molar-refractivity contribution is -0.384. The normalized spacial score (nSPS) is 10.0. The molecule has 2 rings (SSSR count). The highest BCUT2D eigenvalue weighted by atomic mass is 16.6. The van der Waals surface area contributed by atoms with Gasteiger partial charge in [0.15, 0.2) is 6.61 Å². The van der Waals surface area contributed by atoms with Gasteiger partial charge >= 0.3 is 0 Å². The van der Waals surface area contributed by atoms with E-state index in [9.17, 15) is 20.0 Å². The van der Waals surface area contributed by atoms with E-state index in [2.05, 4.69) is 5.32 Å². The molecule has 22 heavy (non-hydrogen) atoms. The summed E-state index contributed by atoms with van der Waals surface area (Å²) in [7, 11) is 0. The highest BCUT2D eigenvalue weighted by molar-refractivity contribution is 5.92. The molecule has 0 unspecified atom stereocenters. The molecule has 0 aliphatic heterocycles. The number of rotatable bonds is 5. The third-order valence-electron chi connectivity index (χ3n) is 2.90. The van der Waals surface area contributed by atoms with E-state index in [0.29, 0.717) is 11.4 Å². The summed E-state index contributed by atoms with van der Waals surface area (Å²) in [5, 5.41) is 22.5. The molecule has 0 aliphatic carbocycles. The lowest BCUT2D eigenvalue weighted by Crippen LogP contribution is -2.20. The first kappa shape index (κ1) is 15.3. The van der Waals surface area contributed by atoms with Gasteiger partial charge < -0.3 is 15.2 Å². The number of ether oxygens (including phenoxy) is 1. The number of nitro benzene ring substituents is 1. The number of hydrogen-bond donors (Lipinski definition) is 2. The van der Waals surface area contributed by atoms with Crippen molar-refractivity contribution in [2.45, 2.75) is 6.92 Å². The van der Waals surface area contributed by atoms with Gasteiger partial charge in [0.2, 0.25) is 0 Å². The highest BCUT2D eigenvalue weighted by Crippen LogP contribution is 2.20. The quantitative estimate of drug-likeness (QED) is 0.502. The van der Waals surface area contributed by atoms with Crippen molar-refractivity contribution in [1.29, 1.82) is 0 Å². The molecule has 0 radical (unpaired) electrons. The van der Waals surface area contributed by atoms with E-state index >= 15 is 0 Å². The number of benzene rings is 2. The van der Waals surface area contributed by atoms with E-state index in [4.69, 9.17) is 4.74 Å². The zero-order valence-corrected chi connectivity index (χ0v) is 11.8. The molecule has 2 aromatic rings. The first-order chi connectivity index (χ1) is 10.5. The lowest BCUT2D eigenvalue weighted by atomic mass is 10.2. The summed E-state index contributed by atoms with van der Waals surface area (Å²) in [6, 6.07) is 10.1. The predicted molar refractivity (Wildman–Crippen MR) is 80.1 cm³/mol. The number of hydrogen-bond acceptors (Lipinski definition) is 5. The molecule has 0 fully saturated rings. The van der Waals surface area contributed by atoms with Crippen LogP contribution in [0.25, 0.3) is 0 Å². The smallest absolute Gasteiger partial charge is 0.269 e. The molecular formula is C15H14N2O5. The van der Waals surface area contributed by atoms with Gasteiger partial charge in [-0.15, -0.1) is 0 Å². The van der Waals surface area contributed by atoms with Crippen molar-refractivity contribution >= 4 is 17.3 Å². The molecule has 1 amide bonds. The van der Waals surface area contributed by atoms with Crippen molar-refractivity contribution in [2.75, 3.05) is 11.9 Å². The van der Waals surface area contributed by atoms with Gasteiger partial charge in [-0.1, -0.05) is 0 Å². The Balaban J connectivity index is 1.91. The van der Waals surface area contributed by atoms with Crippen molar-refractivity contribution in [3.05, 3.63) is 58.1 Å². The van der Waals surface area contributed by atoms with E-state index in [1.807, 2.05) is 0 Å². The van der Waals surface area contributed by atoms with Crippen LogP contribution in [0, 0.1) is 17.0 Å². The second-order valence-corrected chi connectivity index (χ2v) is 4.59. The topological polar surface area (TPSA) is 102 Å². The van der Waals surface area contributed by atoms with Gasteiger partial charge in [-0.3, -0.25) is 14.9 Å². The minimum absolute atomic E-state index is 0.0449. The summed E-state index contributed by atoms with van der Waals surface area (Å²) in [5.41, 5.74) is 1.26. The summed E-state index contributed by atoms with van der Waals surface area (Å²) >= 11 is 0. The third kappa shape index (κ3) is 3.95. The molecule has 7 heteroatoms. The number of nitrogens with zero attached hydrogens (tertiary/aromatic N) is 1. The van der Waals surface area contributed by atoms with Gasteiger partial charge in [-0.2, -0.15) is 0 Å². The fourth-order valence-corrected chi connectivity index (χ4v) is 1.79. The zero-order valence-electron chi connectivity index (χ0n) is 11.8.